The Bertz CT molecular complexity index is 1040. The molecular formula is C17H10N2O4. The lowest BCUT2D eigenvalue weighted by Gasteiger charge is -1.92. The normalized spacial score (nSPS) is 11.1. The number of benzene rings is 2. The van der Waals surface area contributed by atoms with Gasteiger partial charge >= 0.3 is 0 Å². The minimum Gasteiger partial charge on any atom is -0.453 e. The number of carbonyl (C=O) groups is 1. The van der Waals surface area contributed by atoms with E-state index in [1.807, 2.05) is 24.3 Å². The van der Waals surface area contributed by atoms with Crippen LogP contribution in [-0.2, 0) is 0 Å². The van der Waals surface area contributed by atoms with Gasteiger partial charge in [-0.05, 0) is 24.3 Å². The predicted octanol–water partition coefficient (Wildman–Crippen LogP) is 4.05. The van der Waals surface area contributed by atoms with Crippen LogP contribution < -0.4 is 0 Å². The molecule has 2 aromatic heterocycles. The van der Waals surface area contributed by atoms with Crippen molar-refractivity contribution < 1.29 is 14.1 Å². The summed E-state index contributed by atoms with van der Waals surface area (Å²) in [6.07, 6.45) is 0. The van der Waals surface area contributed by atoms with Crippen molar-refractivity contribution in [3.63, 3.8) is 0 Å². The highest BCUT2D eigenvalue weighted by Gasteiger charge is 2.18. The molecule has 4 rings (SSSR count). The SMILES string of the molecule is O=C(c1cc2ccccc2[nH]1)c1cc2cc([N+](=O)[O-])ccc2o1. The second-order valence-electron chi connectivity index (χ2n) is 5.19. The van der Waals surface area contributed by atoms with E-state index in [4.69, 9.17) is 4.42 Å². The van der Waals surface area contributed by atoms with Gasteiger partial charge in [0.05, 0.1) is 10.6 Å². The number of nitro benzene ring substituents is 1. The zero-order chi connectivity index (χ0) is 16.0. The van der Waals surface area contributed by atoms with Crippen LogP contribution in [0.1, 0.15) is 16.2 Å². The first-order chi connectivity index (χ1) is 11.1. The van der Waals surface area contributed by atoms with Gasteiger partial charge in [0, 0.05) is 28.4 Å². The molecular weight excluding hydrogens is 296 g/mol. The summed E-state index contributed by atoms with van der Waals surface area (Å²) in [6.45, 7) is 0. The van der Waals surface area contributed by atoms with Crippen molar-refractivity contribution in [1.29, 1.82) is 0 Å². The van der Waals surface area contributed by atoms with E-state index >= 15 is 0 Å². The smallest absolute Gasteiger partial charge is 0.270 e. The lowest BCUT2D eigenvalue weighted by molar-refractivity contribution is -0.384. The summed E-state index contributed by atoms with van der Waals surface area (Å²) >= 11 is 0. The first kappa shape index (κ1) is 13.3. The molecule has 0 atom stereocenters. The number of nitro groups is 1. The van der Waals surface area contributed by atoms with Gasteiger partial charge in [-0.25, -0.2) is 0 Å². The van der Waals surface area contributed by atoms with Gasteiger partial charge in [0.2, 0.25) is 5.78 Å². The molecule has 0 bridgehead atoms. The molecule has 0 amide bonds. The number of fused-ring (bicyclic) bond motifs is 2. The first-order valence-corrected chi connectivity index (χ1v) is 6.92. The lowest BCUT2D eigenvalue weighted by Crippen LogP contribution is -1.99. The molecule has 0 aliphatic rings. The fourth-order valence-corrected chi connectivity index (χ4v) is 2.58. The van der Waals surface area contributed by atoms with E-state index in [0.717, 1.165) is 10.9 Å². The molecule has 0 saturated carbocycles. The zero-order valence-electron chi connectivity index (χ0n) is 11.8. The van der Waals surface area contributed by atoms with Crippen molar-refractivity contribution in [1.82, 2.24) is 4.98 Å². The number of para-hydroxylation sites is 1. The molecule has 0 unspecified atom stereocenters. The molecule has 23 heavy (non-hydrogen) atoms. The number of hydrogen-bond donors (Lipinski definition) is 1. The Balaban J connectivity index is 1.78. The van der Waals surface area contributed by atoms with E-state index in [1.54, 1.807) is 6.07 Å². The molecule has 0 aliphatic carbocycles. The van der Waals surface area contributed by atoms with Crippen molar-refractivity contribution in [2.75, 3.05) is 0 Å². The van der Waals surface area contributed by atoms with E-state index < -0.39 is 4.92 Å². The van der Waals surface area contributed by atoms with Crippen LogP contribution in [0.15, 0.2) is 59.0 Å². The van der Waals surface area contributed by atoms with Gasteiger partial charge in [0.1, 0.15) is 5.58 Å². The predicted molar refractivity (Wildman–Crippen MR) is 84.6 cm³/mol. The van der Waals surface area contributed by atoms with Crippen LogP contribution >= 0.6 is 0 Å². The maximum absolute atomic E-state index is 12.5. The van der Waals surface area contributed by atoms with E-state index in [1.165, 1.54) is 24.3 Å². The number of nitrogens with zero attached hydrogens (tertiary/aromatic N) is 1. The Kier molecular flexibility index (Phi) is 2.77. The van der Waals surface area contributed by atoms with Crippen LogP contribution in [0.4, 0.5) is 5.69 Å². The fourth-order valence-electron chi connectivity index (χ4n) is 2.58. The topological polar surface area (TPSA) is 89.1 Å². The largest absolute Gasteiger partial charge is 0.453 e. The van der Waals surface area contributed by atoms with Gasteiger partial charge in [0.15, 0.2) is 5.76 Å². The zero-order valence-corrected chi connectivity index (χ0v) is 11.8. The highest BCUT2D eigenvalue weighted by atomic mass is 16.6. The number of carbonyl (C=O) groups excluding carboxylic acids is 1. The molecule has 6 heteroatoms. The molecule has 4 aromatic rings. The second kappa shape index (κ2) is 4.81. The number of rotatable bonds is 3. The van der Waals surface area contributed by atoms with Crippen LogP contribution in [0.2, 0.25) is 0 Å². The molecule has 0 saturated heterocycles. The molecule has 112 valence electrons. The summed E-state index contributed by atoms with van der Waals surface area (Å²) in [5.41, 5.74) is 1.68. The maximum atomic E-state index is 12.5. The highest BCUT2D eigenvalue weighted by molar-refractivity contribution is 6.10. The third-order valence-electron chi connectivity index (χ3n) is 3.71. The van der Waals surface area contributed by atoms with Crippen molar-refractivity contribution in [3.8, 4) is 0 Å². The second-order valence-corrected chi connectivity index (χ2v) is 5.19. The summed E-state index contributed by atoms with van der Waals surface area (Å²) in [5, 5.41) is 12.3. The number of hydrogen-bond acceptors (Lipinski definition) is 4. The van der Waals surface area contributed by atoms with E-state index in [2.05, 4.69) is 4.98 Å². The van der Waals surface area contributed by atoms with Crippen LogP contribution in [0.5, 0.6) is 0 Å². The average molecular weight is 306 g/mol. The molecule has 1 N–H and O–H groups in total. The fraction of sp³-hybridized carbons (Fsp3) is 0. The number of aromatic nitrogens is 1. The Morgan fingerprint density at radius 3 is 2.65 bits per heavy atom. The van der Waals surface area contributed by atoms with Crippen molar-refractivity contribution >= 4 is 33.3 Å². The van der Waals surface area contributed by atoms with Crippen LogP contribution in [-0.4, -0.2) is 15.7 Å². The number of furan rings is 1. The number of nitrogens with one attached hydrogen (secondary N) is 1. The van der Waals surface area contributed by atoms with Gasteiger partial charge < -0.3 is 9.40 Å². The number of non-ortho nitro benzene ring substituents is 1. The van der Waals surface area contributed by atoms with Gasteiger partial charge in [-0.3, -0.25) is 14.9 Å². The molecule has 2 heterocycles. The lowest BCUT2D eigenvalue weighted by atomic mass is 10.2. The number of H-pyrrole nitrogens is 1. The third kappa shape index (κ3) is 2.17. The van der Waals surface area contributed by atoms with Crippen LogP contribution in [0.25, 0.3) is 21.9 Å². The molecule has 6 nitrogen and oxygen atoms in total. The first-order valence-electron chi connectivity index (χ1n) is 6.92. The van der Waals surface area contributed by atoms with Gasteiger partial charge in [-0.2, -0.15) is 0 Å². The maximum Gasteiger partial charge on any atom is 0.270 e. The Labute approximate surface area is 129 Å². The Hall–Kier alpha value is -3.41. The summed E-state index contributed by atoms with van der Waals surface area (Å²) in [6, 6.07) is 15.1. The van der Waals surface area contributed by atoms with Crippen molar-refractivity contribution in [3.05, 3.63) is 76.2 Å². The Morgan fingerprint density at radius 1 is 1.04 bits per heavy atom. The summed E-state index contributed by atoms with van der Waals surface area (Å²) in [7, 11) is 0. The summed E-state index contributed by atoms with van der Waals surface area (Å²) in [5.74, 6) is -0.146. The minimum atomic E-state index is -0.481. The van der Waals surface area contributed by atoms with Crippen molar-refractivity contribution in [2.24, 2.45) is 0 Å². The molecule has 0 aliphatic heterocycles. The average Bonchev–Trinajstić information content (AvgIpc) is 3.16. The molecule has 2 aromatic carbocycles. The number of aromatic amines is 1. The molecule has 0 spiro atoms. The highest BCUT2D eigenvalue weighted by Crippen LogP contribution is 2.26. The van der Waals surface area contributed by atoms with E-state index in [-0.39, 0.29) is 17.2 Å². The van der Waals surface area contributed by atoms with E-state index in [0.29, 0.717) is 16.7 Å². The van der Waals surface area contributed by atoms with Gasteiger partial charge in [-0.15, -0.1) is 0 Å². The summed E-state index contributed by atoms with van der Waals surface area (Å²) < 4.78 is 5.52. The van der Waals surface area contributed by atoms with Gasteiger partial charge in [0.25, 0.3) is 5.69 Å². The third-order valence-corrected chi connectivity index (χ3v) is 3.71. The van der Waals surface area contributed by atoms with Crippen LogP contribution in [0.3, 0.4) is 0 Å². The minimum absolute atomic E-state index is 0.0390. The summed E-state index contributed by atoms with van der Waals surface area (Å²) in [4.78, 5) is 25.9. The van der Waals surface area contributed by atoms with Crippen LogP contribution in [0, 0.1) is 10.1 Å². The molecule has 0 fully saturated rings. The number of ketones is 1. The monoisotopic (exact) mass is 306 g/mol. The Morgan fingerprint density at radius 2 is 1.87 bits per heavy atom. The van der Waals surface area contributed by atoms with Crippen molar-refractivity contribution in [2.45, 2.75) is 0 Å². The van der Waals surface area contributed by atoms with Gasteiger partial charge in [-0.1, -0.05) is 18.2 Å². The standard InChI is InChI=1S/C17H10N2O4/c20-17(14-8-10-3-1-2-4-13(10)18-14)16-9-11-7-12(19(21)22)5-6-15(11)23-16/h1-9,18H. The van der Waals surface area contributed by atoms with E-state index in [9.17, 15) is 14.9 Å². The molecule has 0 radical (unpaired) electrons. The quantitative estimate of drug-likeness (QED) is 0.351.